The van der Waals surface area contributed by atoms with Gasteiger partial charge >= 0.3 is 0 Å². The first kappa shape index (κ1) is 15.6. The molecule has 2 unspecified atom stereocenters. The van der Waals surface area contributed by atoms with Crippen molar-refractivity contribution in [2.45, 2.75) is 68.7 Å². The van der Waals surface area contributed by atoms with Crippen LogP contribution in [0.2, 0.25) is 0 Å². The topological polar surface area (TPSA) is 61.8 Å². The minimum Gasteiger partial charge on any atom is -0.487 e. The van der Waals surface area contributed by atoms with Crippen LogP contribution in [0.1, 0.15) is 42.9 Å². The minimum absolute atomic E-state index is 0.0244. The van der Waals surface area contributed by atoms with E-state index in [2.05, 4.69) is 36.3 Å². The molecule has 1 saturated carbocycles. The van der Waals surface area contributed by atoms with Gasteiger partial charge in [-0.15, -0.1) is 0 Å². The number of aryl methyl sites for hydroxylation is 1. The van der Waals surface area contributed by atoms with Crippen LogP contribution in [-0.4, -0.2) is 53.3 Å². The first-order valence-electron chi connectivity index (χ1n) is 9.38. The summed E-state index contributed by atoms with van der Waals surface area (Å²) in [5.41, 5.74) is 2.49. The van der Waals surface area contributed by atoms with Gasteiger partial charge in [-0.2, -0.15) is 0 Å². The van der Waals surface area contributed by atoms with E-state index in [1.54, 1.807) is 6.92 Å². The third-order valence-electron chi connectivity index (χ3n) is 7.34. The summed E-state index contributed by atoms with van der Waals surface area (Å²) < 4.78 is 6.53. The van der Waals surface area contributed by atoms with Crippen LogP contribution in [-0.2, 0) is 16.6 Å². The summed E-state index contributed by atoms with van der Waals surface area (Å²) in [5.74, 6) is 0.935. The number of amides is 1. The fourth-order valence-corrected chi connectivity index (χ4v) is 6.31. The summed E-state index contributed by atoms with van der Waals surface area (Å²) in [6.07, 6.45) is 3.04. The molecule has 2 bridgehead atoms. The number of carbonyl (C=O) groups is 1. The Kier molecular flexibility index (Phi) is 2.99. The van der Waals surface area contributed by atoms with Crippen LogP contribution in [0.4, 0.5) is 0 Å². The highest BCUT2D eigenvalue weighted by Gasteiger charge is 2.72. The number of benzene rings is 1. The van der Waals surface area contributed by atoms with Gasteiger partial charge in [-0.1, -0.05) is 12.1 Å². The van der Waals surface area contributed by atoms with Crippen LogP contribution < -0.4 is 10.1 Å². The van der Waals surface area contributed by atoms with Gasteiger partial charge in [0.1, 0.15) is 11.9 Å². The smallest absolute Gasteiger partial charge is 0.217 e. The normalized spacial score (nSPS) is 41.0. The first-order chi connectivity index (χ1) is 11.9. The Hall–Kier alpha value is -1.59. The van der Waals surface area contributed by atoms with Crippen molar-refractivity contribution in [1.82, 2.24) is 10.2 Å². The lowest BCUT2D eigenvalue weighted by Gasteiger charge is -2.63. The van der Waals surface area contributed by atoms with E-state index in [4.69, 9.17) is 4.74 Å². The molecule has 0 radical (unpaired) electrons. The zero-order chi connectivity index (χ0) is 17.6. The van der Waals surface area contributed by atoms with Crippen molar-refractivity contribution in [2.75, 3.05) is 13.6 Å². The Morgan fingerprint density at radius 2 is 2.20 bits per heavy atom. The predicted octanol–water partition coefficient (Wildman–Crippen LogP) is 1.28. The number of rotatable bonds is 1. The number of piperidine rings is 1. The molecule has 1 spiro atoms. The Morgan fingerprint density at radius 1 is 1.40 bits per heavy atom. The minimum atomic E-state index is -0.786. The summed E-state index contributed by atoms with van der Waals surface area (Å²) in [6, 6.07) is 4.43. The molecule has 1 aromatic rings. The molecule has 2 aliphatic heterocycles. The van der Waals surface area contributed by atoms with Crippen molar-refractivity contribution in [2.24, 2.45) is 0 Å². The number of nitrogens with one attached hydrogen (secondary N) is 1. The second-order valence-electron chi connectivity index (χ2n) is 8.48. The molecule has 5 rings (SSSR count). The molecule has 0 aromatic heterocycles. The lowest BCUT2D eigenvalue weighted by atomic mass is 9.48. The monoisotopic (exact) mass is 342 g/mol. The van der Waals surface area contributed by atoms with E-state index in [9.17, 15) is 9.90 Å². The Morgan fingerprint density at radius 3 is 2.96 bits per heavy atom. The zero-order valence-electron chi connectivity index (χ0n) is 15.1. The van der Waals surface area contributed by atoms with Crippen LogP contribution in [0.15, 0.2) is 12.1 Å². The summed E-state index contributed by atoms with van der Waals surface area (Å²) in [4.78, 5) is 14.1. The highest BCUT2D eigenvalue weighted by Crippen LogP contribution is 2.64. The highest BCUT2D eigenvalue weighted by molar-refractivity contribution is 5.73. The number of nitrogens with zero attached hydrogens (tertiary/aromatic N) is 1. The van der Waals surface area contributed by atoms with Crippen LogP contribution >= 0.6 is 0 Å². The second kappa shape index (κ2) is 4.77. The predicted molar refractivity (Wildman–Crippen MR) is 93.8 cm³/mol. The molecular formula is C20H26N2O3. The van der Waals surface area contributed by atoms with Crippen molar-refractivity contribution in [3.63, 3.8) is 0 Å². The summed E-state index contributed by atoms with van der Waals surface area (Å²) in [7, 11) is 2.13. The Balaban J connectivity index is 1.76. The molecule has 2 N–H and O–H groups in total. The third-order valence-corrected chi connectivity index (χ3v) is 7.34. The molecule has 5 atom stereocenters. The maximum absolute atomic E-state index is 12.0. The SMILES string of the molecule is CC(=O)NC1CC[C@]2(O)[C@@H]3Cc4ccc(C)c5c4[C@]2(CCN3C)C1O5. The molecule has 5 heteroatoms. The lowest BCUT2D eigenvalue weighted by molar-refractivity contribution is -0.187. The highest BCUT2D eigenvalue weighted by atomic mass is 16.5. The van der Waals surface area contributed by atoms with Crippen LogP contribution in [0.25, 0.3) is 0 Å². The van der Waals surface area contributed by atoms with Gasteiger partial charge in [-0.25, -0.2) is 0 Å². The third kappa shape index (κ3) is 1.69. The van der Waals surface area contributed by atoms with E-state index >= 15 is 0 Å². The number of hydrogen-bond donors (Lipinski definition) is 2. The van der Waals surface area contributed by atoms with E-state index in [-0.39, 0.29) is 24.1 Å². The van der Waals surface area contributed by atoms with Gasteiger partial charge in [0.2, 0.25) is 5.91 Å². The van der Waals surface area contributed by atoms with Gasteiger partial charge in [0.05, 0.1) is 17.1 Å². The van der Waals surface area contributed by atoms with Crippen molar-refractivity contribution >= 4 is 5.91 Å². The quantitative estimate of drug-likeness (QED) is 0.807. The largest absolute Gasteiger partial charge is 0.487 e. The lowest BCUT2D eigenvalue weighted by Crippen LogP contribution is -2.77. The van der Waals surface area contributed by atoms with E-state index in [1.807, 2.05) is 0 Å². The van der Waals surface area contributed by atoms with E-state index in [0.29, 0.717) is 6.42 Å². The molecule has 25 heavy (non-hydrogen) atoms. The van der Waals surface area contributed by atoms with Crippen molar-refractivity contribution in [3.05, 3.63) is 28.8 Å². The first-order valence-corrected chi connectivity index (χ1v) is 9.38. The number of carbonyl (C=O) groups excluding carboxylic acids is 1. The maximum Gasteiger partial charge on any atom is 0.217 e. The summed E-state index contributed by atoms with van der Waals surface area (Å²) >= 11 is 0. The zero-order valence-corrected chi connectivity index (χ0v) is 15.1. The van der Waals surface area contributed by atoms with Gasteiger partial charge in [-0.05, 0) is 57.3 Å². The van der Waals surface area contributed by atoms with Gasteiger partial charge in [0, 0.05) is 18.5 Å². The molecule has 4 aliphatic rings. The number of ether oxygens (including phenoxy) is 1. The summed E-state index contributed by atoms with van der Waals surface area (Å²) in [5, 5.41) is 15.1. The van der Waals surface area contributed by atoms with Crippen LogP contribution in [0.3, 0.4) is 0 Å². The molecule has 134 valence electrons. The van der Waals surface area contributed by atoms with E-state index in [0.717, 1.165) is 37.1 Å². The Labute approximate surface area is 148 Å². The van der Waals surface area contributed by atoms with Gasteiger partial charge in [0.25, 0.3) is 0 Å². The standard InChI is InChI=1S/C20H26N2O3/c1-11-4-5-13-10-15-20(24)7-6-14(21-12(2)23)18-19(20,8-9-22(15)3)16(13)17(11)25-18/h4-5,14-15,18,24H,6-10H2,1-3H3,(H,21,23)/t14?,15-,18?,19+,20-/m0/s1. The fraction of sp³-hybridized carbons (Fsp3) is 0.650. The molecule has 1 amide bonds. The average molecular weight is 342 g/mol. The van der Waals surface area contributed by atoms with Crippen molar-refractivity contribution in [3.8, 4) is 5.75 Å². The van der Waals surface area contributed by atoms with Crippen molar-refractivity contribution < 1.29 is 14.6 Å². The molecule has 2 heterocycles. The number of likely N-dealkylation sites (N-methyl/N-ethyl adjacent to an activating group) is 1. The Bertz CT molecular complexity index is 778. The maximum atomic E-state index is 12.0. The molecule has 1 saturated heterocycles. The molecule has 5 nitrogen and oxygen atoms in total. The summed E-state index contributed by atoms with van der Waals surface area (Å²) in [6.45, 7) is 4.60. The number of aliphatic hydroxyl groups is 1. The van der Waals surface area contributed by atoms with Gasteiger partial charge in [-0.3, -0.25) is 4.79 Å². The number of likely N-dealkylation sites (tertiary alicyclic amines) is 1. The average Bonchev–Trinajstić information content (AvgIpc) is 2.91. The van der Waals surface area contributed by atoms with Crippen LogP contribution in [0, 0.1) is 6.92 Å². The number of hydrogen-bond acceptors (Lipinski definition) is 4. The molecule has 1 aromatic carbocycles. The second-order valence-corrected chi connectivity index (χ2v) is 8.48. The van der Waals surface area contributed by atoms with Gasteiger partial charge in [0.15, 0.2) is 0 Å². The molecule has 2 fully saturated rings. The van der Waals surface area contributed by atoms with E-state index in [1.165, 1.54) is 11.1 Å². The fourth-order valence-electron chi connectivity index (χ4n) is 6.31. The van der Waals surface area contributed by atoms with E-state index < -0.39 is 11.0 Å². The van der Waals surface area contributed by atoms with Gasteiger partial charge < -0.3 is 20.1 Å². The van der Waals surface area contributed by atoms with Crippen LogP contribution in [0.5, 0.6) is 5.75 Å². The molecular weight excluding hydrogens is 316 g/mol. The van der Waals surface area contributed by atoms with Crippen molar-refractivity contribution in [1.29, 1.82) is 0 Å². The molecule has 2 aliphatic carbocycles.